The number of Topliss-reactive ketones (excluding diaryl/α,β-unsaturated/α-hetero) is 1. The molecule has 0 bridgehead atoms. The molecule has 0 aliphatic rings. The van der Waals surface area contributed by atoms with Crippen LogP contribution in [0.4, 0.5) is 5.13 Å². The van der Waals surface area contributed by atoms with Gasteiger partial charge in [-0.1, -0.05) is 18.3 Å². The van der Waals surface area contributed by atoms with Crippen molar-refractivity contribution in [3.05, 3.63) is 10.6 Å². The lowest BCUT2D eigenvalue weighted by Gasteiger charge is -2.11. The number of thioether (sulfide) groups is 1. The summed E-state index contributed by atoms with van der Waals surface area (Å²) in [5.74, 6) is 0.698. The van der Waals surface area contributed by atoms with Crippen molar-refractivity contribution >= 4 is 40.0 Å². The molecule has 0 aliphatic carbocycles. The van der Waals surface area contributed by atoms with Crippen LogP contribution < -0.4 is 5.32 Å². The predicted octanol–water partition coefficient (Wildman–Crippen LogP) is 2.99. The summed E-state index contributed by atoms with van der Waals surface area (Å²) in [5.41, 5.74) is -0.157. The van der Waals surface area contributed by atoms with Crippen LogP contribution in [0.25, 0.3) is 0 Å². The second kappa shape index (κ2) is 7.49. The van der Waals surface area contributed by atoms with Crippen LogP contribution in [-0.4, -0.2) is 39.4 Å². The minimum absolute atomic E-state index is 0.157. The highest BCUT2D eigenvalue weighted by molar-refractivity contribution is 7.99. The van der Waals surface area contributed by atoms with Gasteiger partial charge < -0.3 is 10.4 Å². The molecule has 0 saturated heterocycles. The van der Waals surface area contributed by atoms with Crippen molar-refractivity contribution in [2.45, 2.75) is 33.2 Å². The number of carboxylic acids is 1. The molecular weight excluding hydrogens is 284 g/mol. The van der Waals surface area contributed by atoms with Gasteiger partial charge in [0.2, 0.25) is 0 Å². The quantitative estimate of drug-likeness (QED) is 0.567. The van der Waals surface area contributed by atoms with Gasteiger partial charge >= 0.3 is 5.97 Å². The van der Waals surface area contributed by atoms with E-state index in [9.17, 15) is 9.59 Å². The Morgan fingerprint density at radius 3 is 2.68 bits per heavy atom. The molecule has 1 aromatic rings. The van der Waals surface area contributed by atoms with E-state index in [0.29, 0.717) is 5.13 Å². The van der Waals surface area contributed by atoms with Gasteiger partial charge in [0, 0.05) is 13.0 Å². The highest BCUT2D eigenvalue weighted by Gasteiger charge is 2.21. The van der Waals surface area contributed by atoms with E-state index in [1.54, 1.807) is 0 Å². The SMILES string of the molecule is CCSCCC(C)Nc1nc(C(=O)O)c(C(C)=O)s1. The molecule has 1 aromatic heterocycles. The van der Waals surface area contributed by atoms with Crippen LogP contribution in [0.15, 0.2) is 0 Å². The summed E-state index contributed by atoms with van der Waals surface area (Å²) in [6, 6.07) is 0.201. The van der Waals surface area contributed by atoms with Crippen LogP contribution in [0.1, 0.15) is 47.4 Å². The molecule has 19 heavy (non-hydrogen) atoms. The van der Waals surface area contributed by atoms with E-state index in [1.807, 2.05) is 18.7 Å². The Bertz CT molecular complexity index is 428. The molecule has 1 unspecified atom stereocenters. The largest absolute Gasteiger partial charge is 0.476 e. The first-order valence-electron chi connectivity index (χ1n) is 6.05. The molecule has 0 radical (unpaired) electrons. The maximum Gasteiger partial charge on any atom is 0.356 e. The van der Waals surface area contributed by atoms with Gasteiger partial charge in [-0.2, -0.15) is 11.8 Å². The second-order valence-electron chi connectivity index (χ2n) is 4.09. The Labute approximate surface area is 120 Å². The Morgan fingerprint density at radius 1 is 1.53 bits per heavy atom. The minimum Gasteiger partial charge on any atom is -0.476 e. The van der Waals surface area contributed by atoms with Gasteiger partial charge in [0.25, 0.3) is 0 Å². The smallest absolute Gasteiger partial charge is 0.356 e. The monoisotopic (exact) mass is 302 g/mol. The zero-order valence-corrected chi connectivity index (χ0v) is 12.9. The first-order chi connectivity index (χ1) is 8.95. The fourth-order valence-electron chi connectivity index (χ4n) is 1.45. The summed E-state index contributed by atoms with van der Waals surface area (Å²) in [6.45, 7) is 5.48. The predicted molar refractivity (Wildman–Crippen MR) is 79.8 cm³/mol. The van der Waals surface area contributed by atoms with E-state index in [0.717, 1.165) is 29.3 Å². The van der Waals surface area contributed by atoms with Crippen LogP contribution in [0, 0.1) is 0 Å². The Kier molecular flexibility index (Phi) is 6.30. The number of nitrogens with one attached hydrogen (secondary N) is 1. The number of thiazole rings is 1. The minimum atomic E-state index is -1.16. The summed E-state index contributed by atoms with van der Waals surface area (Å²) in [6.07, 6.45) is 0.968. The van der Waals surface area contributed by atoms with Crippen molar-refractivity contribution in [1.29, 1.82) is 0 Å². The maximum atomic E-state index is 11.4. The van der Waals surface area contributed by atoms with Gasteiger partial charge in [0.05, 0.1) is 0 Å². The zero-order valence-electron chi connectivity index (χ0n) is 11.2. The molecule has 0 amide bonds. The number of ketones is 1. The lowest BCUT2D eigenvalue weighted by atomic mass is 10.3. The molecule has 1 atom stereocenters. The van der Waals surface area contributed by atoms with E-state index >= 15 is 0 Å². The number of hydrogen-bond donors (Lipinski definition) is 2. The van der Waals surface area contributed by atoms with Gasteiger partial charge in [0.1, 0.15) is 4.88 Å². The number of carboxylic acid groups (broad SMARTS) is 1. The van der Waals surface area contributed by atoms with Crippen molar-refractivity contribution in [3.63, 3.8) is 0 Å². The lowest BCUT2D eigenvalue weighted by Crippen LogP contribution is -2.16. The van der Waals surface area contributed by atoms with Crippen molar-refractivity contribution in [3.8, 4) is 0 Å². The highest BCUT2D eigenvalue weighted by Crippen LogP contribution is 2.24. The molecule has 0 fully saturated rings. The fraction of sp³-hybridized carbons (Fsp3) is 0.583. The number of aromatic nitrogens is 1. The second-order valence-corrected chi connectivity index (χ2v) is 6.48. The third-order valence-corrected chi connectivity index (χ3v) is 4.44. The number of aromatic carboxylic acids is 1. The zero-order chi connectivity index (χ0) is 14.4. The Hall–Kier alpha value is -1.08. The molecule has 5 nitrogen and oxygen atoms in total. The number of nitrogens with zero attached hydrogens (tertiary/aromatic N) is 1. The molecule has 1 rings (SSSR count). The van der Waals surface area contributed by atoms with Gasteiger partial charge in [-0.05, 0) is 24.9 Å². The average molecular weight is 302 g/mol. The molecular formula is C12H18N2O3S2. The van der Waals surface area contributed by atoms with Crippen molar-refractivity contribution in [2.75, 3.05) is 16.8 Å². The van der Waals surface area contributed by atoms with Gasteiger partial charge in [-0.3, -0.25) is 4.79 Å². The molecule has 0 saturated carbocycles. The van der Waals surface area contributed by atoms with Gasteiger partial charge in [-0.15, -0.1) is 0 Å². The maximum absolute atomic E-state index is 11.4. The number of anilines is 1. The normalized spacial score (nSPS) is 12.2. The van der Waals surface area contributed by atoms with Crippen molar-refractivity contribution < 1.29 is 14.7 Å². The summed E-state index contributed by atoms with van der Waals surface area (Å²) >= 11 is 2.96. The van der Waals surface area contributed by atoms with E-state index in [4.69, 9.17) is 5.11 Å². The Morgan fingerprint density at radius 2 is 2.21 bits per heavy atom. The number of carbonyl (C=O) groups excluding carboxylic acids is 1. The van der Waals surface area contributed by atoms with Crippen LogP contribution in [-0.2, 0) is 0 Å². The first-order valence-corrected chi connectivity index (χ1v) is 8.02. The highest BCUT2D eigenvalue weighted by atomic mass is 32.2. The first kappa shape index (κ1) is 16.0. The summed E-state index contributed by atoms with van der Waals surface area (Å²) < 4.78 is 0. The van der Waals surface area contributed by atoms with Gasteiger partial charge in [0.15, 0.2) is 16.6 Å². The third kappa shape index (κ3) is 4.83. The molecule has 0 aliphatic heterocycles. The summed E-state index contributed by atoms with van der Waals surface area (Å²) in [5, 5.41) is 12.6. The molecule has 106 valence electrons. The van der Waals surface area contributed by atoms with E-state index in [1.165, 1.54) is 6.92 Å². The van der Waals surface area contributed by atoms with Crippen LogP contribution >= 0.6 is 23.1 Å². The van der Waals surface area contributed by atoms with E-state index in [-0.39, 0.29) is 22.4 Å². The molecule has 2 N–H and O–H groups in total. The molecule has 1 heterocycles. The summed E-state index contributed by atoms with van der Waals surface area (Å²) in [4.78, 5) is 26.5. The molecule has 0 aromatic carbocycles. The third-order valence-electron chi connectivity index (χ3n) is 2.42. The van der Waals surface area contributed by atoms with Gasteiger partial charge in [-0.25, -0.2) is 9.78 Å². The Balaban J connectivity index is 2.71. The van der Waals surface area contributed by atoms with Crippen LogP contribution in [0.3, 0.4) is 0 Å². The number of hydrogen-bond acceptors (Lipinski definition) is 6. The van der Waals surface area contributed by atoms with Crippen molar-refractivity contribution in [2.24, 2.45) is 0 Å². The number of rotatable bonds is 8. The van der Waals surface area contributed by atoms with Crippen LogP contribution in [0.5, 0.6) is 0 Å². The number of carbonyl (C=O) groups is 2. The average Bonchev–Trinajstić information content (AvgIpc) is 2.73. The van der Waals surface area contributed by atoms with Crippen LogP contribution in [0.2, 0.25) is 0 Å². The summed E-state index contributed by atoms with van der Waals surface area (Å²) in [7, 11) is 0. The van der Waals surface area contributed by atoms with E-state index in [2.05, 4.69) is 17.2 Å². The standard InChI is InChI=1S/C12H18N2O3S2/c1-4-18-6-5-7(2)13-12-14-9(11(16)17)10(19-12)8(3)15/h7H,4-6H2,1-3H3,(H,13,14)(H,16,17). The topological polar surface area (TPSA) is 79.3 Å². The van der Waals surface area contributed by atoms with Crippen molar-refractivity contribution in [1.82, 2.24) is 4.98 Å². The lowest BCUT2D eigenvalue weighted by molar-refractivity contribution is 0.0687. The van der Waals surface area contributed by atoms with E-state index < -0.39 is 5.97 Å². The molecule has 0 spiro atoms. The molecule has 7 heteroatoms. The fourth-order valence-corrected chi connectivity index (χ4v) is 3.23.